The summed E-state index contributed by atoms with van der Waals surface area (Å²) in [6.07, 6.45) is 0.181. The molecule has 1 aromatic rings. The minimum atomic E-state index is -1.35. The lowest BCUT2D eigenvalue weighted by atomic mass is 9.86. The fraction of sp³-hybridized carbons (Fsp3) is 0.625. The molecular formula is C16H28OSi. The lowest BCUT2D eigenvalue weighted by molar-refractivity contribution is 0.120. The second-order valence-corrected chi connectivity index (χ2v) is 12.2. The van der Waals surface area contributed by atoms with Crippen LogP contribution in [0.4, 0.5) is 0 Å². The van der Waals surface area contributed by atoms with E-state index in [1.54, 1.807) is 7.11 Å². The molecule has 0 unspecified atom stereocenters. The molecule has 0 aliphatic heterocycles. The van der Waals surface area contributed by atoms with Gasteiger partial charge in [0.05, 0.1) is 14.2 Å². The number of hydrogen-bond acceptors (Lipinski definition) is 1. The first-order chi connectivity index (χ1) is 8.07. The molecule has 0 heterocycles. The van der Waals surface area contributed by atoms with Crippen molar-refractivity contribution in [1.82, 2.24) is 0 Å². The molecule has 0 radical (unpaired) electrons. The van der Waals surface area contributed by atoms with Crippen LogP contribution in [-0.2, 0) is 10.2 Å². The highest BCUT2D eigenvalue weighted by molar-refractivity contribution is 6.89. The van der Waals surface area contributed by atoms with Crippen LogP contribution in [0.15, 0.2) is 18.2 Å². The molecule has 1 nitrogen and oxygen atoms in total. The monoisotopic (exact) mass is 264 g/mol. The molecule has 0 saturated heterocycles. The van der Waals surface area contributed by atoms with Crippen molar-refractivity contribution in [2.24, 2.45) is 0 Å². The number of ether oxygens (including phenoxy) is 1. The normalized spacial score (nSPS) is 14.7. The number of benzene rings is 1. The minimum absolute atomic E-state index is 0.181. The molecule has 1 rings (SSSR count). The zero-order valence-corrected chi connectivity index (χ0v) is 14.2. The summed E-state index contributed by atoms with van der Waals surface area (Å²) >= 11 is 0. The van der Waals surface area contributed by atoms with Gasteiger partial charge in [0.15, 0.2) is 0 Å². The van der Waals surface area contributed by atoms with E-state index in [4.69, 9.17) is 4.74 Å². The van der Waals surface area contributed by atoms with Gasteiger partial charge in [0.2, 0.25) is 0 Å². The Kier molecular flexibility index (Phi) is 4.45. The first kappa shape index (κ1) is 15.5. The van der Waals surface area contributed by atoms with Crippen LogP contribution >= 0.6 is 0 Å². The van der Waals surface area contributed by atoms with E-state index in [0.717, 1.165) is 0 Å². The van der Waals surface area contributed by atoms with Crippen LogP contribution < -0.4 is 5.19 Å². The topological polar surface area (TPSA) is 9.23 Å². The fourth-order valence-electron chi connectivity index (χ4n) is 2.15. The third-order valence-corrected chi connectivity index (χ3v) is 5.57. The zero-order valence-electron chi connectivity index (χ0n) is 13.2. The maximum absolute atomic E-state index is 5.52. The highest BCUT2D eigenvalue weighted by Gasteiger charge is 2.25. The van der Waals surface area contributed by atoms with Crippen LogP contribution in [0.3, 0.4) is 0 Å². The van der Waals surface area contributed by atoms with Gasteiger partial charge in [-0.25, -0.2) is 0 Å². The lowest BCUT2D eigenvalue weighted by Gasteiger charge is -2.28. The van der Waals surface area contributed by atoms with E-state index in [-0.39, 0.29) is 11.5 Å². The molecule has 0 saturated carbocycles. The van der Waals surface area contributed by atoms with E-state index in [1.807, 2.05) is 0 Å². The standard InChI is InChI=1S/C16H28OSi/c1-12(17-5)14-10-9-13(16(2,3)4)11-15(14)18(6,7)8/h9-12H,1-8H3/t12-/m1/s1. The van der Waals surface area contributed by atoms with Gasteiger partial charge in [-0.3, -0.25) is 0 Å². The van der Waals surface area contributed by atoms with Crippen molar-refractivity contribution in [1.29, 1.82) is 0 Å². The van der Waals surface area contributed by atoms with E-state index in [1.165, 1.54) is 16.3 Å². The summed E-state index contributed by atoms with van der Waals surface area (Å²) in [6.45, 7) is 16.2. The smallest absolute Gasteiger partial charge is 0.0791 e. The maximum Gasteiger partial charge on any atom is 0.0791 e. The molecule has 0 bridgehead atoms. The van der Waals surface area contributed by atoms with Gasteiger partial charge < -0.3 is 4.74 Å². The first-order valence-electron chi connectivity index (χ1n) is 6.75. The average molecular weight is 264 g/mol. The molecule has 102 valence electrons. The van der Waals surface area contributed by atoms with Crippen molar-refractivity contribution < 1.29 is 4.74 Å². The molecule has 1 atom stereocenters. The summed E-state index contributed by atoms with van der Waals surface area (Å²) in [5, 5.41) is 1.53. The largest absolute Gasteiger partial charge is 0.377 e. The Morgan fingerprint density at radius 1 is 1.11 bits per heavy atom. The van der Waals surface area contributed by atoms with Crippen molar-refractivity contribution >= 4 is 13.3 Å². The van der Waals surface area contributed by atoms with Gasteiger partial charge >= 0.3 is 0 Å². The second-order valence-electron chi connectivity index (χ2n) is 7.18. The van der Waals surface area contributed by atoms with Crippen LogP contribution in [0.25, 0.3) is 0 Å². The molecule has 0 aromatic heterocycles. The van der Waals surface area contributed by atoms with Gasteiger partial charge in [-0.15, -0.1) is 0 Å². The molecule has 1 aromatic carbocycles. The molecule has 0 spiro atoms. The Balaban J connectivity index is 3.40. The Hall–Kier alpha value is -0.603. The van der Waals surface area contributed by atoms with Crippen LogP contribution in [0.1, 0.15) is 44.9 Å². The van der Waals surface area contributed by atoms with Crippen LogP contribution in [0.5, 0.6) is 0 Å². The predicted molar refractivity (Wildman–Crippen MR) is 83.5 cm³/mol. The summed E-state index contributed by atoms with van der Waals surface area (Å²) in [5.41, 5.74) is 3.00. The third-order valence-electron chi connectivity index (χ3n) is 3.52. The van der Waals surface area contributed by atoms with Crippen molar-refractivity contribution in [3.8, 4) is 0 Å². The fourth-order valence-corrected chi connectivity index (χ4v) is 3.89. The van der Waals surface area contributed by atoms with Crippen LogP contribution in [-0.4, -0.2) is 15.2 Å². The van der Waals surface area contributed by atoms with Gasteiger partial charge in [0.1, 0.15) is 0 Å². The maximum atomic E-state index is 5.52. The number of methoxy groups -OCH3 is 1. The molecule has 2 heteroatoms. The molecule has 0 aliphatic rings. The van der Waals surface area contributed by atoms with Gasteiger partial charge in [-0.05, 0) is 23.5 Å². The van der Waals surface area contributed by atoms with Crippen molar-refractivity contribution in [3.05, 3.63) is 29.3 Å². The Morgan fingerprint density at radius 2 is 1.67 bits per heavy atom. The molecule has 0 N–H and O–H groups in total. The molecule has 0 aliphatic carbocycles. The number of hydrogen-bond donors (Lipinski definition) is 0. The second kappa shape index (κ2) is 5.18. The van der Waals surface area contributed by atoms with Gasteiger partial charge in [0.25, 0.3) is 0 Å². The van der Waals surface area contributed by atoms with E-state index in [2.05, 4.69) is 65.5 Å². The predicted octanol–water partition coefficient (Wildman–Crippen LogP) is 4.24. The van der Waals surface area contributed by atoms with Gasteiger partial charge in [-0.1, -0.05) is 63.8 Å². The summed E-state index contributed by atoms with van der Waals surface area (Å²) in [7, 11) is 0.441. The highest BCUT2D eigenvalue weighted by Crippen LogP contribution is 2.25. The lowest BCUT2D eigenvalue weighted by Crippen LogP contribution is -2.41. The Morgan fingerprint density at radius 3 is 2.06 bits per heavy atom. The summed E-state index contributed by atoms with van der Waals surface area (Å²) in [4.78, 5) is 0. The van der Waals surface area contributed by atoms with Crippen LogP contribution in [0, 0.1) is 0 Å². The van der Waals surface area contributed by atoms with E-state index < -0.39 is 8.07 Å². The summed E-state index contributed by atoms with van der Waals surface area (Å²) in [6, 6.07) is 6.94. The first-order valence-corrected chi connectivity index (χ1v) is 10.2. The number of rotatable bonds is 3. The zero-order chi connectivity index (χ0) is 14.1. The summed E-state index contributed by atoms with van der Waals surface area (Å²) in [5.74, 6) is 0. The van der Waals surface area contributed by atoms with Crippen molar-refractivity contribution in [2.75, 3.05) is 7.11 Å². The van der Waals surface area contributed by atoms with E-state index >= 15 is 0 Å². The SMILES string of the molecule is CO[C@H](C)c1ccc(C(C)(C)C)cc1[Si](C)(C)C. The Bertz CT molecular complexity index is 410. The van der Waals surface area contributed by atoms with E-state index in [9.17, 15) is 0 Å². The third kappa shape index (κ3) is 3.45. The summed E-state index contributed by atoms with van der Waals surface area (Å²) < 4.78 is 5.52. The average Bonchev–Trinajstić information content (AvgIpc) is 2.24. The van der Waals surface area contributed by atoms with Crippen molar-refractivity contribution in [2.45, 2.75) is 58.9 Å². The van der Waals surface area contributed by atoms with Gasteiger partial charge in [0, 0.05) is 7.11 Å². The molecule has 0 fully saturated rings. The van der Waals surface area contributed by atoms with Crippen molar-refractivity contribution in [3.63, 3.8) is 0 Å². The minimum Gasteiger partial charge on any atom is -0.377 e. The van der Waals surface area contributed by atoms with E-state index in [0.29, 0.717) is 0 Å². The van der Waals surface area contributed by atoms with Crippen LogP contribution in [0.2, 0.25) is 19.6 Å². The Labute approximate surface area is 114 Å². The molecular weight excluding hydrogens is 236 g/mol. The highest BCUT2D eigenvalue weighted by atomic mass is 28.3. The quantitative estimate of drug-likeness (QED) is 0.742. The molecule has 0 amide bonds. The van der Waals surface area contributed by atoms with Gasteiger partial charge in [-0.2, -0.15) is 0 Å². The molecule has 18 heavy (non-hydrogen) atoms.